The summed E-state index contributed by atoms with van der Waals surface area (Å²) < 4.78 is 34.1. The van der Waals surface area contributed by atoms with E-state index in [9.17, 15) is 13.2 Å². The number of methoxy groups -OCH3 is 1. The highest BCUT2D eigenvalue weighted by Gasteiger charge is 2.20. The molecule has 0 aliphatic heterocycles. The summed E-state index contributed by atoms with van der Waals surface area (Å²) in [4.78, 5) is 11.5. The van der Waals surface area contributed by atoms with Crippen LogP contribution in [0.2, 0.25) is 0 Å². The van der Waals surface area contributed by atoms with E-state index in [4.69, 9.17) is 0 Å². The Hall–Kier alpha value is -2.49. The molecule has 2 aromatic heterocycles. The van der Waals surface area contributed by atoms with Crippen LogP contribution >= 0.6 is 11.3 Å². The summed E-state index contributed by atoms with van der Waals surface area (Å²) in [7, 11) is -2.45. The van der Waals surface area contributed by atoms with Crippen LogP contribution in [0.3, 0.4) is 0 Å². The van der Waals surface area contributed by atoms with Crippen molar-refractivity contribution in [2.24, 2.45) is 0 Å². The minimum Gasteiger partial charge on any atom is -0.465 e. The molecule has 136 valence electrons. The highest BCUT2D eigenvalue weighted by atomic mass is 32.2. The Morgan fingerprint density at radius 3 is 2.65 bits per heavy atom. The lowest BCUT2D eigenvalue weighted by Crippen LogP contribution is -2.31. The van der Waals surface area contributed by atoms with Gasteiger partial charge in [0.05, 0.1) is 23.6 Å². The third-order valence-electron chi connectivity index (χ3n) is 3.82. The van der Waals surface area contributed by atoms with Gasteiger partial charge in [0.25, 0.3) is 0 Å². The molecule has 0 aliphatic carbocycles. The summed E-state index contributed by atoms with van der Waals surface area (Å²) >= 11 is 1.54. The Morgan fingerprint density at radius 1 is 1.31 bits per heavy atom. The lowest BCUT2D eigenvalue weighted by atomic mass is 10.1. The molecule has 0 fully saturated rings. The SMILES string of the molecule is COC(=O)c1ccc(S(=O)(=O)NCC(c2ccsc2)n2cccn2)cc1. The Kier molecular flexibility index (Phi) is 5.50. The van der Waals surface area contributed by atoms with Gasteiger partial charge in [-0.15, -0.1) is 0 Å². The van der Waals surface area contributed by atoms with E-state index in [1.54, 1.807) is 23.1 Å². The van der Waals surface area contributed by atoms with Crippen LogP contribution in [0, 0.1) is 0 Å². The monoisotopic (exact) mass is 391 g/mol. The number of thiophene rings is 1. The van der Waals surface area contributed by atoms with Crippen molar-refractivity contribution in [1.82, 2.24) is 14.5 Å². The normalized spacial score (nSPS) is 12.7. The Morgan fingerprint density at radius 2 is 2.08 bits per heavy atom. The molecular weight excluding hydrogens is 374 g/mol. The average Bonchev–Trinajstić information content (AvgIpc) is 3.36. The lowest BCUT2D eigenvalue weighted by molar-refractivity contribution is 0.0600. The van der Waals surface area contributed by atoms with E-state index >= 15 is 0 Å². The molecule has 0 saturated carbocycles. The van der Waals surface area contributed by atoms with E-state index in [0.717, 1.165) is 5.56 Å². The van der Waals surface area contributed by atoms with Gasteiger partial charge >= 0.3 is 5.97 Å². The minimum absolute atomic E-state index is 0.0784. The number of esters is 1. The second-order valence-electron chi connectivity index (χ2n) is 5.43. The van der Waals surface area contributed by atoms with E-state index in [1.807, 2.05) is 16.8 Å². The number of hydrogen-bond donors (Lipinski definition) is 1. The molecule has 9 heteroatoms. The maximum absolute atomic E-state index is 12.6. The van der Waals surface area contributed by atoms with Gasteiger partial charge < -0.3 is 4.74 Å². The van der Waals surface area contributed by atoms with Crippen LogP contribution in [0.5, 0.6) is 0 Å². The van der Waals surface area contributed by atoms with E-state index in [-0.39, 0.29) is 17.5 Å². The largest absolute Gasteiger partial charge is 0.465 e. The van der Waals surface area contributed by atoms with Crippen LogP contribution < -0.4 is 4.72 Å². The first-order valence-electron chi connectivity index (χ1n) is 7.70. The molecule has 0 bridgehead atoms. The summed E-state index contributed by atoms with van der Waals surface area (Å²) in [6.45, 7) is 0.152. The van der Waals surface area contributed by atoms with Gasteiger partial charge in [-0.1, -0.05) is 0 Å². The fourth-order valence-electron chi connectivity index (χ4n) is 2.45. The van der Waals surface area contributed by atoms with E-state index in [2.05, 4.69) is 14.6 Å². The van der Waals surface area contributed by atoms with Crippen LogP contribution in [0.25, 0.3) is 0 Å². The van der Waals surface area contributed by atoms with Crippen molar-refractivity contribution in [3.05, 3.63) is 70.7 Å². The van der Waals surface area contributed by atoms with Crippen LogP contribution in [0.4, 0.5) is 0 Å². The summed E-state index contributed by atoms with van der Waals surface area (Å²) in [5, 5.41) is 8.12. The molecule has 3 aromatic rings. The Bertz CT molecular complexity index is 916. The van der Waals surface area contributed by atoms with Crippen LogP contribution in [0.15, 0.2) is 64.4 Å². The van der Waals surface area contributed by atoms with Crippen molar-refractivity contribution in [1.29, 1.82) is 0 Å². The van der Waals surface area contributed by atoms with Gasteiger partial charge in [0, 0.05) is 18.9 Å². The van der Waals surface area contributed by atoms with Gasteiger partial charge in [-0.3, -0.25) is 4.68 Å². The molecule has 1 N–H and O–H groups in total. The fourth-order valence-corrected chi connectivity index (χ4v) is 4.20. The average molecular weight is 391 g/mol. The number of ether oxygens (including phenoxy) is 1. The maximum Gasteiger partial charge on any atom is 0.337 e. The zero-order valence-electron chi connectivity index (χ0n) is 13.9. The summed E-state index contributed by atoms with van der Waals surface area (Å²) in [5.74, 6) is -0.516. The number of benzene rings is 1. The Balaban J connectivity index is 1.77. The molecule has 3 rings (SSSR count). The first-order valence-corrected chi connectivity index (χ1v) is 10.1. The van der Waals surface area contributed by atoms with Crippen molar-refractivity contribution >= 4 is 27.3 Å². The zero-order chi connectivity index (χ0) is 18.6. The molecule has 1 aromatic carbocycles. The smallest absolute Gasteiger partial charge is 0.337 e. The molecule has 26 heavy (non-hydrogen) atoms. The standard InChI is InChI=1S/C17H17N3O4S2/c1-24-17(21)13-3-5-15(6-4-13)26(22,23)19-11-16(14-7-10-25-12-14)20-9-2-8-18-20/h2-10,12,16,19H,11H2,1H3. The van der Waals surface area contributed by atoms with Gasteiger partial charge in [-0.2, -0.15) is 16.4 Å². The summed E-state index contributed by atoms with van der Waals surface area (Å²) in [6.07, 6.45) is 3.45. The molecule has 0 radical (unpaired) electrons. The maximum atomic E-state index is 12.6. The first-order chi connectivity index (χ1) is 12.5. The number of nitrogens with zero attached hydrogens (tertiary/aromatic N) is 2. The number of carbonyl (C=O) groups is 1. The number of sulfonamides is 1. The molecule has 0 amide bonds. The predicted octanol–water partition coefficient (Wildman–Crippen LogP) is 2.30. The number of rotatable bonds is 7. The predicted molar refractivity (Wildman–Crippen MR) is 97.7 cm³/mol. The molecule has 0 spiro atoms. The van der Waals surface area contributed by atoms with Crippen molar-refractivity contribution in [2.75, 3.05) is 13.7 Å². The summed E-state index contributed by atoms with van der Waals surface area (Å²) in [6, 6.07) is 9.08. The number of hydrogen-bond acceptors (Lipinski definition) is 6. The van der Waals surface area contributed by atoms with Gasteiger partial charge in [0.1, 0.15) is 0 Å². The molecule has 0 aliphatic rings. The van der Waals surface area contributed by atoms with Crippen molar-refractivity contribution in [3.8, 4) is 0 Å². The van der Waals surface area contributed by atoms with Gasteiger partial charge in [-0.25, -0.2) is 17.9 Å². The first kappa shape index (κ1) is 18.3. The quantitative estimate of drug-likeness (QED) is 0.624. The Labute approximate surface area is 155 Å². The van der Waals surface area contributed by atoms with Crippen molar-refractivity contribution < 1.29 is 17.9 Å². The van der Waals surface area contributed by atoms with Crippen molar-refractivity contribution in [2.45, 2.75) is 10.9 Å². The van der Waals surface area contributed by atoms with E-state index < -0.39 is 16.0 Å². The minimum atomic E-state index is -3.73. The van der Waals surface area contributed by atoms with Crippen LogP contribution in [-0.4, -0.2) is 37.8 Å². The second kappa shape index (κ2) is 7.81. The molecule has 7 nitrogen and oxygen atoms in total. The van der Waals surface area contributed by atoms with Gasteiger partial charge in [0.2, 0.25) is 10.0 Å². The van der Waals surface area contributed by atoms with Crippen LogP contribution in [0.1, 0.15) is 22.0 Å². The molecule has 1 unspecified atom stereocenters. The van der Waals surface area contributed by atoms with Crippen LogP contribution in [-0.2, 0) is 14.8 Å². The highest BCUT2D eigenvalue weighted by molar-refractivity contribution is 7.89. The lowest BCUT2D eigenvalue weighted by Gasteiger charge is -2.17. The van der Waals surface area contributed by atoms with Crippen molar-refractivity contribution in [3.63, 3.8) is 0 Å². The zero-order valence-corrected chi connectivity index (χ0v) is 15.5. The molecule has 0 saturated heterocycles. The fraction of sp³-hybridized carbons (Fsp3) is 0.176. The summed E-state index contributed by atoms with van der Waals surface area (Å²) in [5.41, 5.74) is 1.27. The third kappa shape index (κ3) is 4.01. The van der Waals surface area contributed by atoms with E-state index in [0.29, 0.717) is 5.56 Å². The third-order valence-corrected chi connectivity index (χ3v) is 5.97. The second-order valence-corrected chi connectivity index (χ2v) is 7.97. The molecular formula is C17H17N3O4S2. The highest BCUT2D eigenvalue weighted by Crippen LogP contribution is 2.20. The number of nitrogens with one attached hydrogen (secondary N) is 1. The number of carbonyl (C=O) groups excluding carboxylic acids is 1. The van der Waals surface area contributed by atoms with Gasteiger partial charge in [-0.05, 0) is 52.7 Å². The number of aromatic nitrogens is 2. The van der Waals surface area contributed by atoms with Gasteiger partial charge in [0.15, 0.2) is 0 Å². The topological polar surface area (TPSA) is 90.3 Å². The van der Waals surface area contributed by atoms with E-state index in [1.165, 1.54) is 42.7 Å². The molecule has 1 atom stereocenters. The molecule has 2 heterocycles.